The second-order valence-corrected chi connectivity index (χ2v) is 10.1. The Morgan fingerprint density at radius 3 is 2.77 bits per heavy atom. The van der Waals surface area contributed by atoms with Crippen molar-refractivity contribution < 1.29 is 4.39 Å². The molecule has 194 valence electrons. The van der Waals surface area contributed by atoms with Crippen molar-refractivity contribution >= 4 is 22.1 Å². The Labute approximate surface area is 224 Å². The number of H-pyrrole nitrogens is 2. The van der Waals surface area contributed by atoms with Crippen molar-refractivity contribution in [2.24, 2.45) is 5.92 Å². The van der Waals surface area contributed by atoms with Gasteiger partial charge in [0.15, 0.2) is 11.5 Å². The van der Waals surface area contributed by atoms with E-state index in [1.54, 1.807) is 24.7 Å². The summed E-state index contributed by atoms with van der Waals surface area (Å²) in [6, 6.07) is 13.2. The van der Waals surface area contributed by atoms with Gasteiger partial charge in [-0.2, -0.15) is 5.10 Å². The molecule has 8 nitrogen and oxygen atoms in total. The lowest BCUT2D eigenvalue weighted by molar-refractivity contribution is 0.489. The van der Waals surface area contributed by atoms with Gasteiger partial charge >= 0.3 is 0 Å². The van der Waals surface area contributed by atoms with Crippen molar-refractivity contribution in [3.8, 4) is 33.9 Å². The molecule has 0 aliphatic heterocycles. The zero-order valence-electron chi connectivity index (χ0n) is 21.3. The number of nitrogens with zero attached hydrogens (tertiary/aromatic N) is 5. The Balaban J connectivity index is 1.24. The lowest BCUT2D eigenvalue weighted by Crippen LogP contribution is -2.20. The molecule has 5 heterocycles. The first-order valence-electron chi connectivity index (χ1n) is 13.3. The van der Waals surface area contributed by atoms with Crippen LogP contribution in [-0.4, -0.2) is 41.7 Å². The van der Waals surface area contributed by atoms with Gasteiger partial charge in [0.2, 0.25) is 0 Å². The van der Waals surface area contributed by atoms with Crippen LogP contribution in [0.1, 0.15) is 31.2 Å². The number of fused-ring (bicyclic) bond motifs is 2. The third-order valence-corrected chi connectivity index (χ3v) is 7.57. The highest BCUT2D eigenvalue weighted by atomic mass is 19.1. The van der Waals surface area contributed by atoms with E-state index in [1.165, 1.54) is 25.7 Å². The number of benzene rings is 1. The minimum absolute atomic E-state index is 0.368. The maximum atomic E-state index is 16.2. The zero-order valence-corrected chi connectivity index (χ0v) is 21.3. The number of aromatic amines is 2. The van der Waals surface area contributed by atoms with E-state index in [-0.39, 0.29) is 5.82 Å². The molecule has 1 aliphatic carbocycles. The summed E-state index contributed by atoms with van der Waals surface area (Å²) < 4.78 is 16.2. The van der Waals surface area contributed by atoms with E-state index < -0.39 is 0 Å². The molecule has 1 aromatic carbocycles. The van der Waals surface area contributed by atoms with E-state index in [9.17, 15) is 0 Å². The highest BCUT2D eigenvalue weighted by Crippen LogP contribution is 2.35. The third kappa shape index (κ3) is 4.44. The number of halogens is 1. The summed E-state index contributed by atoms with van der Waals surface area (Å²) >= 11 is 0. The van der Waals surface area contributed by atoms with Crippen molar-refractivity contribution in [1.82, 2.24) is 40.4 Å². The predicted octanol–water partition coefficient (Wildman–Crippen LogP) is 6.04. The molecule has 7 rings (SSSR count). The number of aromatic nitrogens is 7. The molecular weight excluding hydrogens is 491 g/mol. The van der Waals surface area contributed by atoms with Gasteiger partial charge in [-0.05, 0) is 67.3 Å². The molecule has 1 fully saturated rings. The van der Waals surface area contributed by atoms with Gasteiger partial charge in [0.25, 0.3) is 0 Å². The average molecular weight is 519 g/mol. The van der Waals surface area contributed by atoms with Crippen LogP contribution >= 0.6 is 0 Å². The van der Waals surface area contributed by atoms with Crippen LogP contribution in [0.3, 0.4) is 0 Å². The van der Waals surface area contributed by atoms with Crippen LogP contribution in [0.25, 0.3) is 56.0 Å². The van der Waals surface area contributed by atoms with Crippen LogP contribution in [0.4, 0.5) is 4.39 Å². The molecule has 0 saturated heterocycles. The summed E-state index contributed by atoms with van der Waals surface area (Å²) in [6.07, 6.45) is 12.2. The molecule has 0 amide bonds. The lowest BCUT2D eigenvalue weighted by atomic mass is 10.0. The van der Waals surface area contributed by atoms with Crippen molar-refractivity contribution in [1.29, 1.82) is 0 Å². The van der Waals surface area contributed by atoms with Gasteiger partial charge in [0, 0.05) is 48.0 Å². The van der Waals surface area contributed by atoms with Crippen LogP contribution in [0.5, 0.6) is 0 Å². The molecule has 0 atom stereocenters. The maximum Gasteiger partial charge on any atom is 0.178 e. The Kier molecular flexibility index (Phi) is 6.05. The van der Waals surface area contributed by atoms with Crippen LogP contribution < -0.4 is 5.32 Å². The van der Waals surface area contributed by atoms with E-state index in [1.807, 2.05) is 42.6 Å². The first-order chi connectivity index (χ1) is 19.2. The molecule has 5 aromatic heterocycles. The normalized spacial score (nSPS) is 14.1. The van der Waals surface area contributed by atoms with Crippen molar-refractivity contribution in [2.45, 2.75) is 32.2 Å². The second kappa shape index (κ2) is 9.99. The van der Waals surface area contributed by atoms with Gasteiger partial charge in [-0.3, -0.25) is 15.1 Å². The zero-order chi connectivity index (χ0) is 26.2. The van der Waals surface area contributed by atoms with Gasteiger partial charge in [-0.25, -0.2) is 14.4 Å². The van der Waals surface area contributed by atoms with Crippen LogP contribution in [0.15, 0.2) is 67.3 Å². The minimum atomic E-state index is -0.368. The summed E-state index contributed by atoms with van der Waals surface area (Å²) in [5, 5.41) is 11.3. The van der Waals surface area contributed by atoms with E-state index in [4.69, 9.17) is 0 Å². The Morgan fingerprint density at radius 1 is 0.974 bits per heavy atom. The average Bonchev–Trinajstić information content (AvgIpc) is 3.73. The number of pyridine rings is 3. The Hall–Kier alpha value is -4.50. The summed E-state index contributed by atoms with van der Waals surface area (Å²) in [5.74, 6) is 0.827. The van der Waals surface area contributed by atoms with Gasteiger partial charge in [-0.15, -0.1) is 0 Å². The van der Waals surface area contributed by atoms with E-state index >= 15 is 4.39 Å². The molecule has 0 spiro atoms. The first kappa shape index (κ1) is 23.6. The minimum Gasteiger partial charge on any atom is -0.335 e. The molecule has 1 saturated carbocycles. The molecule has 39 heavy (non-hydrogen) atoms. The molecule has 6 aromatic rings. The maximum absolute atomic E-state index is 16.2. The standard InChI is InChI=1S/C30H27FN8/c31-26-21(20-13-19(16-33-17-20)15-32-14-18-5-1-2-6-18)8-9-24-25(26)28(39-38-24)30-36-27-22(10-12-35-29(27)37-30)23-7-3-4-11-34-23/h3-4,7-13,16-18,32H,1-2,5-6,14-15H2,(H,38,39)(H,35,36,37). The van der Waals surface area contributed by atoms with Crippen LogP contribution in [0, 0.1) is 11.7 Å². The molecule has 3 N–H and O–H groups in total. The SMILES string of the molecule is Fc1c(-c2cncc(CNCC3CCCC3)c2)ccc2[nH]nc(-c3nc4nccc(-c5ccccn5)c4[nH]3)c12. The lowest BCUT2D eigenvalue weighted by Gasteiger charge is -2.11. The first-order valence-corrected chi connectivity index (χ1v) is 13.3. The smallest absolute Gasteiger partial charge is 0.178 e. The van der Waals surface area contributed by atoms with E-state index in [0.717, 1.165) is 40.4 Å². The fourth-order valence-electron chi connectivity index (χ4n) is 5.59. The highest BCUT2D eigenvalue weighted by Gasteiger charge is 2.21. The fourth-order valence-corrected chi connectivity index (χ4v) is 5.59. The molecule has 9 heteroatoms. The number of hydrogen-bond donors (Lipinski definition) is 3. The quantitative estimate of drug-likeness (QED) is 0.238. The van der Waals surface area contributed by atoms with Crippen LogP contribution in [-0.2, 0) is 6.54 Å². The molecular formula is C30H27FN8. The summed E-state index contributed by atoms with van der Waals surface area (Å²) in [7, 11) is 0. The van der Waals surface area contributed by atoms with E-state index in [2.05, 4.69) is 40.4 Å². The monoisotopic (exact) mass is 518 g/mol. The Morgan fingerprint density at radius 2 is 1.90 bits per heavy atom. The molecule has 0 radical (unpaired) electrons. The summed E-state index contributed by atoms with van der Waals surface area (Å²) in [5.41, 5.74) is 6.12. The molecule has 1 aliphatic rings. The largest absolute Gasteiger partial charge is 0.335 e. The third-order valence-electron chi connectivity index (χ3n) is 7.57. The van der Waals surface area contributed by atoms with Crippen molar-refractivity contribution in [3.63, 3.8) is 0 Å². The molecule has 0 unspecified atom stereocenters. The molecule has 0 bridgehead atoms. The summed E-state index contributed by atoms with van der Waals surface area (Å²) in [4.78, 5) is 21.2. The highest BCUT2D eigenvalue weighted by molar-refractivity contribution is 5.97. The number of imidazole rings is 1. The fraction of sp³-hybridized carbons (Fsp3) is 0.233. The number of rotatable bonds is 7. The predicted molar refractivity (Wildman–Crippen MR) is 149 cm³/mol. The van der Waals surface area contributed by atoms with Crippen molar-refractivity contribution in [3.05, 3.63) is 78.6 Å². The van der Waals surface area contributed by atoms with Crippen molar-refractivity contribution in [2.75, 3.05) is 6.54 Å². The van der Waals surface area contributed by atoms with Gasteiger partial charge in [0.1, 0.15) is 11.5 Å². The second-order valence-electron chi connectivity index (χ2n) is 10.1. The van der Waals surface area contributed by atoms with Gasteiger partial charge in [-0.1, -0.05) is 18.9 Å². The summed E-state index contributed by atoms with van der Waals surface area (Å²) in [6.45, 7) is 1.72. The van der Waals surface area contributed by atoms with E-state index in [0.29, 0.717) is 40.2 Å². The van der Waals surface area contributed by atoms with Gasteiger partial charge < -0.3 is 10.3 Å². The number of hydrogen-bond acceptors (Lipinski definition) is 6. The number of nitrogens with one attached hydrogen (secondary N) is 3. The van der Waals surface area contributed by atoms with Crippen LogP contribution in [0.2, 0.25) is 0 Å². The Bertz CT molecular complexity index is 1770. The van der Waals surface area contributed by atoms with Gasteiger partial charge in [0.05, 0.1) is 22.1 Å². The topological polar surface area (TPSA) is 108 Å².